The molecule has 132 valence electrons. The average molecular weight is 352 g/mol. The number of carbonyl (C=O) groups excluding carboxylic acids is 1. The molecule has 1 fully saturated rings. The Hall–Kier alpha value is -1.86. The first kappa shape index (κ1) is 18.5. The number of rotatable bonds is 7. The van der Waals surface area contributed by atoms with Gasteiger partial charge in [0.15, 0.2) is 0 Å². The van der Waals surface area contributed by atoms with Gasteiger partial charge < -0.3 is 9.64 Å². The summed E-state index contributed by atoms with van der Waals surface area (Å²) in [4.78, 5) is 14.5. The lowest BCUT2D eigenvalue weighted by molar-refractivity contribution is 0.0619. The minimum Gasteiger partial charge on any atom is -0.490 e. The third-order valence-corrected chi connectivity index (χ3v) is 4.63. The number of ether oxygens (including phenoxy) is 1. The van der Waals surface area contributed by atoms with Crippen molar-refractivity contribution in [3.05, 3.63) is 42.5 Å². The van der Waals surface area contributed by atoms with Crippen LogP contribution in [-0.2, 0) is 10.0 Å². The molecular formula is C17H24N2O4S. The number of sulfonamides is 1. The zero-order valence-electron chi connectivity index (χ0n) is 13.9. The normalized spacial score (nSPS) is 18.2. The van der Waals surface area contributed by atoms with Crippen molar-refractivity contribution in [3.8, 4) is 5.75 Å². The summed E-state index contributed by atoms with van der Waals surface area (Å²) in [7, 11) is -3.26. The topological polar surface area (TPSA) is 75.7 Å². The van der Waals surface area contributed by atoms with Crippen LogP contribution >= 0.6 is 0 Å². The number of carbonyl (C=O) groups is 1. The van der Waals surface area contributed by atoms with Crippen molar-refractivity contribution in [2.75, 3.05) is 26.0 Å². The third-order valence-electron chi connectivity index (χ3n) is 3.94. The van der Waals surface area contributed by atoms with E-state index in [1.54, 1.807) is 35.2 Å². The monoisotopic (exact) mass is 352 g/mol. The molecule has 7 heteroatoms. The molecule has 6 nitrogen and oxygen atoms in total. The van der Waals surface area contributed by atoms with Crippen LogP contribution in [0, 0.1) is 0 Å². The maximum absolute atomic E-state index is 12.8. The van der Waals surface area contributed by atoms with Gasteiger partial charge in [0.25, 0.3) is 5.91 Å². The molecule has 24 heavy (non-hydrogen) atoms. The lowest BCUT2D eigenvalue weighted by Crippen LogP contribution is -2.49. The number of hydrogen-bond donors (Lipinski definition) is 1. The van der Waals surface area contributed by atoms with Crippen LogP contribution in [0.3, 0.4) is 0 Å². The van der Waals surface area contributed by atoms with Crippen LogP contribution in [0.25, 0.3) is 0 Å². The number of amides is 1. The van der Waals surface area contributed by atoms with Crippen molar-refractivity contribution in [2.24, 2.45) is 0 Å². The van der Waals surface area contributed by atoms with Crippen LogP contribution in [0.4, 0.5) is 0 Å². The molecule has 0 radical (unpaired) electrons. The minimum atomic E-state index is -3.26. The molecule has 0 spiro atoms. The number of nitrogens with zero attached hydrogens (tertiary/aromatic N) is 1. The van der Waals surface area contributed by atoms with Crippen molar-refractivity contribution in [3.63, 3.8) is 0 Å². The lowest BCUT2D eigenvalue weighted by Gasteiger charge is -2.35. The first-order chi connectivity index (χ1) is 11.4. The van der Waals surface area contributed by atoms with Crippen molar-refractivity contribution < 1.29 is 17.9 Å². The summed E-state index contributed by atoms with van der Waals surface area (Å²) in [5.74, 6) is 0.602. The Morgan fingerprint density at radius 1 is 1.38 bits per heavy atom. The standard InChI is InChI=1S/C17H24N2O4S/c1-3-12-23-16-9-7-14(8-10-16)17(20)19-11-5-4-6-15(19)13-18-24(2,21)22/h3,7-10,15,18H,1,4-6,11-13H2,2H3/t15-/m0/s1. The Kier molecular flexibility index (Phi) is 6.39. The van der Waals surface area contributed by atoms with E-state index in [9.17, 15) is 13.2 Å². The summed E-state index contributed by atoms with van der Waals surface area (Å²) in [5, 5.41) is 0. The van der Waals surface area contributed by atoms with Gasteiger partial charge in [0.1, 0.15) is 12.4 Å². The fraction of sp³-hybridized carbons (Fsp3) is 0.471. The molecule has 1 aromatic rings. The van der Waals surface area contributed by atoms with E-state index in [4.69, 9.17) is 4.74 Å². The van der Waals surface area contributed by atoms with Crippen molar-refractivity contribution in [2.45, 2.75) is 25.3 Å². The number of nitrogens with one attached hydrogen (secondary N) is 1. The molecule has 1 heterocycles. The second-order valence-electron chi connectivity index (χ2n) is 5.89. The third kappa shape index (κ3) is 5.35. The summed E-state index contributed by atoms with van der Waals surface area (Å²) >= 11 is 0. The average Bonchev–Trinajstić information content (AvgIpc) is 2.57. The molecule has 0 saturated carbocycles. The Morgan fingerprint density at radius 3 is 2.71 bits per heavy atom. The Labute approximate surface area is 143 Å². The highest BCUT2D eigenvalue weighted by molar-refractivity contribution is 7.88. The lowest BCUT2D eigenvalue weighted by atomic mass is 10.0. The number of piperidine rings is 1. The van der Waals surface area contributed by atoms with Crippen LogP contribution in [0.2, 0.25) is 0 Å². The molecule has 0 unspecified atom stereocenters. The quantitative estimate of drug-likeness (QED) is 0.759. The Morgan fingerprint density at radius 2 is 2.08 bits per heavy atom. The van der Waals surface area contributed by atoms with Gasteiger partial charge in [0.05, 0.1) is 6.26 Å². The summed E-state index contributed by atoms with van der Waals surface area (Å²) in [6.45, 7) is 4.90. The fourth-order valence-electron chi connectivity index (χ4n) is 2.74. The van der Waals surface area contributed by atoms with Gasteiger partial charge >= 0.3 is 0 Å². The van der Waals surface area contributed by atoms with E-state index in [2.05, 4.69) is 11.3 Å². The van der Waals surface area contributed by atoms with E-state index in [-0.39, 0.29) is 18.5 Å². The predicted molar refractivity (Wildman–Crippen MR) is 93.7 cm³/mol. The summed E-state index contributed by atoms with van der Waals surface area (Å²) in [6, 6.07) is 6.86. The van der Waals surface area contributed by atoms with E-state index in [1.165, 1.54) is 0 Å². The van der Waals surface area contributed by atoms with E-state index in [0.29, 0.717) is 24.5 Å². The van der Waals surface area contributed by atoms with Crippen LogP contribution in [-0.4, -0.2) is 51.2 Å². The second-order valence-corrected chi connectivity index (χ2v) is 7.73. The first-order valence-corrected chi connectivity index (χ1v) is 9.89. The predicted octanol–water partition coefficient (Wildman–Crippen LogP) is 1.80. The van der Waals surface area contributed by atoms with E-state index in [0.717, 1.165) is 25.5 Å². The smallest absolute Gasteiger partial charge is 0.254 e. The van der Waals surface area contributed by atoms with Gasteiger partial charge in [0, 0.05) is 24.7 Å². The highest BCUT2D eigenvalue weighted by Gasteiger charge is 2.28. The fourth-order valence-corrected chi connectivity index (χ4v) is 3.24. The minimum absolute atomic E-state index is 0.0785. The van der Waals surface area contributed by atoms with Gasteiger partial charge in [-0.2, -0.15) is 0 Å². The first-order valence-electron chi connectivity index (χ1n) is 8.00. The molecule has 1 atom stereocenters. The van der Waals surface area contributed by atoms with Crippen molar-refractivity contribution >= 4 is 15.9 Å². The van der Waals surface area contributed by atoms with Gasteiger partial charge in [-0.1, -0.05) is 12.7 Å². The highest BCUT2D eigenvalue weighted by Crippen LogP contribution is 2.21. The summed E-state index contributed by atoms with van der Waals surface area (Å²) in [5.41, 5.74) is 0.576. The molecule has 0 bridgehead atoms. The largest absolute Gasteiger partial charge is 0.490 e. The molecule has 0 aliphatic carbocycles. The highest BCUT2D eigenvalue weighted by atomic mass is 32.2. The molecule has 2 rings (SSSR count). The van der Waals surface area contributed by atoms with Crippen LogP contribution in [0.5, 0.6) is 5.75 Å². The Bertz CT molecular complexity index is 670. The molecular weight excluding hydrogens is 328 g/mol. The molecule has 1 aromatic carbocycles. The van der Waals surface area contributed by atoms with Crippen molar-refractivity contribution in [1.29, 1.82) is 0 Å². The molecule has 1 aliphatic heterocycles. The zero-order valence-corrected chi connectivity index (χ0v) is 14.7. The van der Waals surface area contributed by atoms with Crippen LogP contribution in [0.15, 0.2) is 36.9 Å². The second kappa shape index (κ2) is 8.30. The number of likely N-dealkylation sites (tertiary alicyclic amines) is 1. The number of benzene rings is 1. The SMILES string of the molecule is C=CCOc1ccc(C(=O)N2CCCC[C@H]2CNS(C)(=O)=O)cc1. The van der Waals surface area contributed by atoms with E-state index >= 15 is 0 Å². The van der Waals surface area contributed by atoms with Gasteiger partial charge in [-0.15, -0.1) is 0 Å². The molecule has 1 saturated heterocycles. The maximum Gasteiger partial charge on any atom is 0.254 e. The summed E-state index contributed by atoms with van der Waals surface area (Å²) < 4.78 is 30.5. The van der Waals surface area contributed by atoms with Crippen LogP contribution in [0.1, 0.15) is 29.6 Å². The molecule has 0 aromatic heterocycles. The van der Waals surface area contributed by atoms with Gasteiger partial charge in [0.2, 0.25) is 10.0 Å². The Balaban J connectivity index is 2.06. The van der Waals surface area contributed by atoms with Crippen LogP contribution < -0.4 is 9.46 Å². The van der Waals surface area contributed by atoms with E-state index in [1.807, 2.05) is 0 Å². The molecule has 1 aliphatic rings. The molecule has 1 amide bonds. The number of hydrogen-bond acceptors (Lipinski definition) is 4. The zero-order chi connectivity index (χ0) is 17.6. The van der Waals surface area contributed by atoms with Gasteiger partial charge in [-0.05, 0) is 43.5 Å². The van der Waals surface area contributed by atoms with Gasteiger partial charge in [-0.25, -0.2) is 13.1 Å². The van der Waals surface area contributed by atoms with Crippen molar-refractivity contribution in [1.82, 2.24) is 9.62 Å². The maximum atomic E-state index is 12.8. The van der Waals surface area contributed by atoms with Gasteiger partial charge in [-0.3, -0.25) is 4.79 Å². The van der Waals surface area contributed by atoms with E-state index < -0.39 is 10.0 Å². The summed E-state index contributed by atoms with van der Waals surface area (Å²) in [6.07, 6.45) is 5.51. The molecule has 1 N–H and O–H groups in total.